The van der Waals surface area contributed by atoms with Gasteiger partial charge in [0.05, 0.1) is 18.6 Å². The van der Waals surface area contributed by atoms with E-state index in [2.05, 4.69) is 5.32 Å². The van der Waals surface area contributed by atoms with Crippen molar-refractivity contribution < 1.29 is 15.0 Å². The summed E-state index contributed by atoms with van der Waals surface area (Å²) >= 11 is 0. The molecule has 0 spiro atoms. The average Bonchev–Trinajstić information content (AvgIpc) is 2.36. The summed E-state index contributed by atoms with van der Waals surface area (Å²) in [5, 5.41) is 22.3. The Morgan fingerprint density at radius 3 is 2.47 bits per heavy atom. The van der Waals surface area contributed by atoms with Crippen molar-refractivity contribution in [3.05, 3.63) is 35.4 Å². The van der Waals surface area contributed by atoms with Gasteiger partial charge >= 0.3 is 0 Å². The molecule has 2 unspecified atom stereocenters. The molecule has 2 atom stereocenters. The number of amides is 1. The molecule has 0 saturated carbocycles. The van der Waals surface area contributed by atoms with E-state index >= 15 is 0 Å². The van der Waals surface area contributed by atoms with Crippen molar-refractivity contribution in [2.24, 2.45) is 5.92 Å². The maximum Gasteiger partial charge on any atom is 0.222 e. The highest BCUT2D eigenvalue weighted by atomic mass is 16.3. The molecule has 1 aromatic carbocycles. The highest BCUT2D eigenvalue weighted by Crippen LogP contribution is 2.16. The second-order valence-electron chi connectivity index (χ2n) is 5.19. The molecule has 4 heteroatoms. The van der Waals surface area contributed by atoms with Crippen LogP contribution in [0, 0.1) is 12.8 Å². The summed E-state index contributed by atoms with van der Waals surface area (Å²) in [5.74, 6) is -0.194. The van der Waals surface area contributed by atoms with Crippen molar-refractivity contribution in [1.82, 2.24) is 5.32 Å². The van der Waals surface area contributed by atoms with E-state index in [9.17, 15) is 15.0 Å². The SMILES string of the molecule is Cc1ccccc1C(O)CNC(=O)CC(O)C(C)C. The van der Waals surface area contributed by atoms with Crippen LogP contribution in [0.4, 0.5) is 0 Å². The minimum atomic E-state index is -0.721. The van der Waals surface area contributed by atoms with Gasteiger partial charge in [-0.1, -0.05) is 38.1 Å². The Kier molecular flexibility index (Phi) is 5.99. The van der Waals surface area contributed by atoms with Crippen LogP contribution >= 0.6 is 0 Å². The Labute approximate surface area is 114 Å². The third-order valence-electron chi connectivity index (χ3n) is 3.20. The Morgan fingerprint density at radius 1 is 1.26 bits per heavy atom. The molecule has 3 N–H and O–H groups in total. The van der Waals surface area contributed by atoms with E-state index < -0.39 is 12.2 Å². The van der Waals surface area contributed by atoms with Gasteiger partial charge in [-0.25, -0.2) is 0 Å². The summed E-state index contributed by atoms with van der Waals surface area (Å²) in [7, 11) is 0. The number of aryl methyl sites for hydroxylation is 1. The number of hydrogen-bond acceptors (Lipinski definition) is 3. The smallest absolute Gasteiger partial charge is 0.222 e. The van der Waals surface area contributed by atoms with Crippen LogP contribution in [0.25, 0.3) is 0 Å². The summed E-state index contributed by atoms with van der Waals surface area (Å²) in [4.78, 5) is 11.6. The van der Waals surface area contributed by atoms with Crippen molar-refractivity contribution in [3.63, 3.8) is 0 Å². The van der Waals surface area contributed by atoms with Gasteiger partial charge in [-0.05, 0) is 24.0 Å². The second-order valence-corrected chi connectivity index (χ2v) is 5.19. The van der Waals surface area contributed by atoms with Crippen LogP contribution < -0.4 is 5.32 Å². The normalized spacial score (nSPS) is 14.2. The Morgan fingerprint density at radius 2 is 1.89 bits per heavy atom. The average molecular weight is 265 g/mol. The zero-order valence-corrected chi connectivity index (χ0v) is 11.8. The summed E-state index contributed by atoms with van der Waals surface area (Å²) < 4.78 is 0. The lowest BCUT2D eigenvalue weighted by Gasteiger charge is -2.17. The lowest BCUT2D eigenvalue weighted by molar-refractivity contribution is -0.124. The number of benzene rings is 1. The molecule has 1 amide bonds. The number of rotatable bonds is 6. The van der Waals surface area contributed by atoms with Crippen LogP contribution in [-0.2, 0) is 4.79 Å². The molecular formula is C15H23NO3. The largest absolute Gasteiger partial charge is 0.392 e. The molecular weight excluding hydrogens is 242 g/mol. The first-order valence-electron chi connectivity index (χ1n) is 6.60. The number of hydrogen-bond donors (Lipinski definition) is 3. The number of aliphatic hydroxyl groups excluding tert-OH is 2. The molecule has 0 aromatic heterocycles. The topological polar surface area (TPSA) is 69.6 Å². The minimum absolute atomic E-state index is 0.0482. The highest BCUT2D eigenvalue weighted by Gasteiger charge is 2.16. The van der Waals surface area contributed by atoms with E-state index in [1.165, 1.54) is 0 Å². The minimum Gasteiger partial charge on any atom is -0.392 e. The predicted octanol–water partition coefficient (Wildman–Crippen LogP) is 1.55. The number of aliphatic hydroxyl groups is 2. The molecule has 1 aromatic rings. The van der Waals surface area contributed by atoms with E-state index in [4.69, 9.17) is 0 Å². The third-order valence-corrected chi connectivity index (χ3v) is 3.20. The number of carbonyl (C=O) groups is 1. The van der Waals surface area contributed by atoms with Gasteiger partial charge in [0.15, 0.2) is 0 Å². The van der Waals surface area contributed by atoms with Gasteiger partial charge in [-0.2, -0.15) is 0 Å². The predicted molar refractivity (Wildman–Crippen MR) is 74.6 cm³/mol. The highest BCUT2D eigenvalue weighted by molar-refractivity contribution is 5.76. The summed E-state index contributed by atoms with van der Waals surface area (Å²) in [6.45, 7) is 5.80. The maximum atomic E-state index is 11.6. The van der Waals surface area contributed by atoms with E-state index in [1.54, 1.807) is 0 Å². The Bertz CT molecular complexity index is 418. The van der Waals surface area contributed by atoms with Crippen LogP contribution in [0.1, 0.15) is 37.5 Å². The molecule has 1 rings (SSSR count). The number of nitrogens with one attached hydrogen (secondary N) is 1. The molecule has 0 aliphatic rings. The molecule has 0 aliphatic heterocycles. The van der Waals surface area contributed by atoms with E-state index in [0.29, 0.717) is 0 Å². The van der Waals surface area contributed by atoms with Gasteiger partial charge < -0.3 is 15.5 Å². The lowest BCUT2D eigenvalue weighted by Crippen LogP contribution is -2.32. The fraction of sp³-hybridized carbons (Fsp3) is 0.533. The Hall–Kier alpha value is -1.39. The van der Waals surface area contributed by atoms with Gasteiger partial charge in [0.1, 0.15) is 0 Å². The quantitative estimate of drug-likeness (QED) is 0.731. The monoisotopic (exact) mass is 265 g/mol. The molecule has 4 nitrogen and oxygen atoms in total. The maximum absolute atomic E-state index is 11.6. The van der Waals surface area contributed by atoms with Crippen LogP contribution in [0.3, 0.4) is 0 Å². The van der Waals surface area contributed by atoms with Crippen molar-refractivity contribution >= 4 is 5.91 Å². The molecule has 0 aliphatic carbocycles. The molecule has 0 bridgehead atoms. The van der Waals surface area contributed by atoms with Gasteiger partial charge in [0.2, 0.25) is 5.91 Å². The molecule has 106 valence electrons. The first kappa shape index (κ1) is 15.7. The first-order valence-corrected chi connectivity index (χ1v) is 6.60. The van der Waals surface area contributed by atoms with Crippen LogP contribution in [0.2, 0.25) is 0 Å². The molecule has 0 fully saturated rings. The Balaban J connectivity index is 2.44. The van der Waals surface area contributed by atoms with Gasteiger partial charge in [0.25, 0.3) is 0 Å². The van der Waals surface area contributed by atoms with Gasteiger partial charge in [-0.3, -0.25) is 4.79 Å². The van der Waals surface area contributed by atoms with E-state index in [1.807, 2.05) is 45.0 Å². The lowest BCUT2D eigenvalue weighted by atomic mass is 10.0. The van der Waals surface area contributed by atoms with Gasteiger partial charge in [-0.15, -0.1) is 0 Å². The zero-order valence-electron chi connectivity index (χ0n) is 11.8. The van der Waals surface area contributed by atoms with Gasteiger partial charge in [0, 0.05) is 6.54 Å². The summed E-state index contributed by atoms with van der Waals surface area (Å²) in [6, 6.07) is 7.52. The van der Waals surface area contributed by atoms with Crippen molar-refractivity contribution in [2.75, 3.05) is 6.54 Å². The molecule has 0 radical (unpaired) electrons. The molecule has 19 heavy (non-hydrogen) atoms. The van der Waals surface area contributed by atoms with Crippen LogP contribution in [0.15, 0.2) is 24.3 Å². The fourth-order valence-electron chi connectivity index (χ4n) is 1.78. The third kappa shape index (κ3) is 5.01. The molecule has 0 saturated heterocycles. The van der Waals surface area contributed by atoms with E-state index in [0.717, 1.165) is 11.1 Å². The second kappa shape index (κ2) is 7.26. The summed E-state index contributed by atoms with van der Waals surface area (Å²) in [6.07, 6.45) is -1.30. The fourth-order valence-corrected chi connectivity index (χ4v) is 1.78. The standard InChI is InChI=1S/C15H23NO3/c1-10(2)13(17)8-15(19)16-9-14(18)12-7-5-4-6-11(12)3/h4-7,10,13-14,17-18H,8-9H2,1-3H3,(H,16,19). The summed E-state index contributed by atoms with van der Waals surface area (Å²) in [5.41, 5.74) is 1.80. The van der Waals surface area contributed by atoms with Crippen molar-refractivity contribution in [1.29, 1.82) is 0 Å². The number of carbonyl (C=O) groups excluding carboxylic acids is 1. The first-order chi connectivity index (χ1) is 8.91. The van der Waals surface area contributed by atoms with E-state index in [-0.39, 0.29) is 24.8 Å². The zero-order chi connectivity index (χ0) is 14.4. The van der Waals surface area contributed by atoms with Crippen molar-refractivity contribution in [2.45, 2.75) is 39.4 Å². The van der Waals surface area contributed by atoms with Crippen LogP contribution in [-0.4, -0.2) is 28.8 Å². The van der Waals surface area contributed by atoms with Crippen LogP contribution in [0.5, 0.6) is 0 Å². The molecule has 0 heterocycles. The van der Waals surface area contributed by atoms with Crippen molar-refractivity contribution in [3.8, 4) is 0 Å².